The van der Waals surface area contributed by atoms with Crippen LogP contribution in [0.15, 0.2) is 59.6 Å². The van der Waals surface area contributed by atoms with Crippen molar-refractivity contribution in [1.82, 2.24) is 9.29 Å². The van der Waals surface area contributed by atoms with E-state index in [4.69, 9.17) is 4.74 Å². The van der Waals surface area contributed by atoms with Crippen LogP contribution in [0.1, 0.15) is 29.6 Å². The average Bonchev–Trinajstić information content (AvgIpc) is 2.89. The molecule has 0 atom stereocenters. The Morgan fingerprint density at radius 3 is 2.50 bits per heavy atom. The molecular formula is C25H28N4O4S. The fraction of sp³-hybridized carbons (Fsp3) is 0.360. The summed E-state index contributed by atoms with van der Waals surface area (Å²) in [4.78, 5) is 20.3. The van der Waals surface area contributed by atoms with Crippen LogP contribution in [0.2, 0.25) is 0 Å². The molecule has 178 valence electrons. The molecule has 1 amide bonds. The molecule has 0 spiro atoms. The number of hydrogen-bond acceptors (Lipinski definition) is 6. The van der Waals surface area contributed by atoms with Gasteiger partial charge in [-0.1, -0.05) is 18.2 Å². The minimum atomic E-state index is -3.73. The summed E-state index contributed by atoms with van der Waals surface area (Å²) in [5, 5.41) is 3.90. The molecule has 0 unspecified atom stereocenters. The van der Waals surface area contributed by atoms with E-state index in [0.29, 0.717) is 43.1 Å². The molecule has 0 saturated carbocycles. The minimum absolute atomic E-state index is 0.122. The first kappa shape index (κ1) is 22.8. The van der Waals surface area contributed by atoms with Crippen LogP contribution in [0, 0.1) is 0 Å². The first-order chi connectivity index (χ1) is 16.5. The Kier molecular flexibility index (Phi) is 6.49. The van der Waals surface area contributed by atoms with E-state index in [1.54, 1.807) is 18.3 Å². The topological polar surface area (TPSA) is 91.8 Å². The number of carbonyl (C=O) groups excluding carboxylic acids is 1. The Morgan fingerprint density at radius 1 is 0.941 bits per heavy atom. The molecule has 9 heteroatoms. The highest BCUT2D eigenvalue weighted by Gasteiger charge is 2.29. The lowest BCUT2D eigenvalue weighted by Crippen LogP contribution is -2.40. The summed E-state index contributed by atoms with van der Waals surface area (Å²) in [6.45, 7) is 3.02. The Morgan fingerprint density at radius 2 is 1.71 bits per heavy atom. The number of aromatic nitrogens is 1. The molecule has 3 heterocycles. The molecule has 0 aliphatic carbocycles. The fourth-order valence-corrected chi connectivity index (χ4v) is 6.03. The van der Waals surface area contributed by atoms with Gasteiger partial charge in [-0.3, -0.25) is 9.78 Å². The van der Waals surface area contributed by atoms with Crippen LogP contribution >= 0.6 is 0 Å². The van der Waals surface area contributed by atoms with Crippen molar-refractivity contribution in [1.29, 1.82) is 0 Å². The molecule has 1 aromatic heterocycles. The molecule has 2 aliphatic heterocycles. The van der Waals surface area contributed by atoms with Gasteiger partial charge in [0.25, 0.3) is 5.91 Å². The van der Waals surface area contributed by atoms with E-state index in [1.807, 2.05) is 30.3 Å². The van der Waals surface area contributed by atoms with E-state index >= 15 is 0 Å². The number of fused-ring (bicyclic) bond motifs is 1. The summed E-state index contributed by atoms with van der Waals surface area (Å²) in [6.07, 6.45) is 4.93. The third-order valence-corrected chi connectivity index (χ3v) is 8.29. The quantitative estimate of drug-likeness (QED) is 0.601. The molecule has 1 N–H and O–H groups in total. The number of para-hydroxylation sites is 1. The Labute approximate surface area is 199 Å². The predicted molar refractivity (Wildman–Crippen MR) is 132 cm³/mol. The highest BCUT2D eigenvalue weighted by atomic mass is 32.2. The Balaban J connectivity index is 1.53. The van der Waals surface area contributed by atoms with Crippen LogP contribution in [0.5, 0.6) is 0 Å². The Hall–Kier alpha value is -3.01. The van der Waals surface area contributed by atoms with Crippen LogP contribution in [-0.4, -0.2) is 63.0 Å². The summed E-state index contributed by atoms with van der Waals surface area (Å²) in [5.41, 5.74) is 2.39. The van der Waals surface area contributed by atoms with Gasteiger partial charge in [0.2, 0.25) is 10.0 Å². The van der Waals surface area contributed by atoms with Gasteiger partial charge >= 0.3 is 0 Å². The van der Waals surface area contributed by atoms with E-state index in [2.05, 4.69) is 15.2 Å². The van der Waals surface area contributed by atoms with Gasteiger partial charge in [0.1, 0.15) is 0 Å². The van der Waals surface area contributed by atoms with Crippen molar-refractivity contribution < 1.29 is 17.9 Å². The highest BCUT2D eigenvalue weighted by Crippen LogP contribution is 2.30. The highest BCUT2D eigenvalue weighted by molar-refractivity contribution is 7.89. The van der Waals surface area contributed by atoms with Gasteiger partial charge < -0.3 is 15.0 Å². The summed E-state index contributed by atoms with van der Waals surface area (Å²) < 4.78 is 33.3. The second kappa shape index (κ2) is 9.69. The average molecular weight is 481 g/mol. The standard InChI is InChI=1S/C25H28N4O4S/c30-25(27-22-8-4-6-19-7-5-11-26-24(19)22)21-18-20(34(31,32)29-14-16-33-17-15-29)9-10-23(21)28-12-2-1-3-13-28/h4-11,18H,1-3,12-17H2,(H,27,30). The molecule has 34 heavy (non-hydrogen) atoms. The molecule has 5 rings (SSSR count). The molecular weight excluding hydrogens is 452 g/mol. The van der Waals surface area contributed by atoms with Crippen molar-refractivity contribution in [3.8, 4) is 0 Å². The van der Waals surface area contributed by atoms with Crippen molar-refractivity contribution in [2.24, 2.45) is 0 Å². The number of piperidine rings is 1. The van der Waals surface area contributed by atoms with Crippen molar-refractivity contribution in [2.45, 2.75) is 24.2 Å². The van der Waals surface area contributed by atoms with E-state index < -0.39 is 10.0 Å². The van der Waals surface area contributed by atoms with E-state index in [-0.39, 0.29) is 10.8 Å². The van der Waals surface area contributed by atoms with Gasteiger partial charge in [-0.05, 0) is 49.6 Å². The van der Waals surface area contributed by atoms with E-state index in [1.165, 1.54) is 10.4 Å². The van der Waals surface area contributed by atoms with Gasteiger partial charge in [-0.25, -0.2) is 8.42 Å². The molecule has 0 bridgehead atoms. The maximum Gasteiger partial charge on any atom is 0.257 e. The number of ether oxygens (including phenoxy) is 1. The molecule has 2 saturated heterocycles. The minimum Gasteiger partial charge on any atom is -0.379 e. The van der Waals surface area contributed by atoms with E-state index in [0.717, 1.165) is 43.4 Å². The molecule has 2 aliphatic rings. The number of morpholine rings is 1. The molecule has 8 nitrogen and oxygen atoms in total. The van der Waals surface area contributed by atoms with Crippen molar-refractivity contribution in [2.75, 3.05) is 49.6 Å². The maximum absolute atomic E-state index is 13.6. The zero-order chi connectivity index (χ0) is 23.5. The van der Waals surface area contributed by atoms with Crippen molar-refractivity contribution in [3.05, 3.63) is 60.3 Å². The second-order valence-electron chi connectivity index (χ2n) is 8.58. The molecule has 0 radical (unpaired) electrons. The number of benzene rings is 2. The lowest BCUT2D eigenvalue weighted by atomic mass is 10.1. The number of carbonyl (C=O) groups is 1. The van der Waals surface area contributed by atoms with Crippen molar-refractivity contribution >= 4 is 38.2 Å². The summed E-state index contributed by atoms with van der Waals surface area (Å²) >= 11 is 0. The summed E-state index contributed by atoms with van der Waals surface area (Å²) in [5.74, 6) is -0.349. The summed E-state index contributed by atoms with van der Waals surface area (Å²) in [7, 11) is -3.73. The van der Waals surface area contributed by atoms with Crippen LogP contribution < -0.4 is 10.2 Å². The lowest BCUT2D eigenvalue weighted by molar-refractivity contribution is 0.0730. The van der Waals surface area contributed by atoms with Crippen LogP contribution in [0.4, 0.5) is 11.4 Å². The number of pyridine rings is 1. The van der Waals surface area contributed by atoms with Gasteiger partial charge in [0.05, 0.1) is 34.9 Å². The van der Waals surface area contributed by atoms with Crippen LogP contribution in [0.25, 0.3) is 10.9 Å². The number of anilines is 2. The normalized spacial score (nSPS) is 17.6. The van der Waals surface area contributed by atoms with Crippen molar-refractivity contribution in [3.63, 3.8) is 0 Å². The van der Waals surface area contributed by atoms with Gasteiger partial charge in [0, 0.05) is 43.4 Å². The largest absolute Gasteiger partial charge is 0.379 e. The number of rotatable bonds is 5. The predicted octanol–water partition coefficient (Wildman–Crippen LogP) is 3.50. The third-order valence-electron chi connectivity index (χ3n) is 6.40. The lowest BCUT2D eigenvalue weighted by Gasteiger charge is -2.31. The zero-order valence-corrected chi connectivity index (χ0v) is 19.8. The maximum atomic E-state index is 13.6. The van der Waals surface area contributed by atoms with Crippen LogP contribution in [-0.2, 0) is 14.8 Å². The summed E-state index contributed by atoms with van der Waals surface area (Å²) in [6, 6.07) is 14.3. The van der Waals surface area contributed by atoms with Gasteiger partial charge in [-0.2, -0.15) is 4.31 Å². The monoisotopic (exact) mass is 480 g/mol. The third kappa shape index (κ3) is 4.51. The van der Waals surface area contributed by atoms with Crippen LogP contribution in [0.3, 0.4) is 0 Å². The zero-order valence-electron chi connectivity index (χ0n) is 18.9. The molecule has 2 fully saturated rings. The first-order valence-electron chi connectivity index (χ1n) is 11.7. The number of nitrogens with one attached hydrogen (secondary N) is 1. The number of sulfonamides is 1. The SMILES string of the molecule is O=C(Nc1cccc2cccnc12)c1cc(S(=O)(=O)N2CCOCC2)ccc1N1CCCCC1. The van der Waals surface area contributed by atoms with Gasteiger partial charge in [-0.15, -0.1) is 0 Å². The molecule has 2 aromatic carbocycles. The molecule has 3 aromatic rings. The van der Waals surface area contributed by atoms with E-state index in [9.17, 15) is 13.2 Å². The number of amides is 1. The number of nitrogens with zero attached hydrogens (tertiary/aromatic N) is 3. The number of hydrogen-bond donors (Lipinski definition) is 1. The smallest absolute Gasteiger partial charge is 0.257 e. The Bertz CT molecular complexity index is 1290. The second-order valence-corrected chi connectivity index (χ2v) is 10.5. The first-order valence-corrected chi connectivity index (χ1v) is 13.1. The fourth-order valence-electron chi connectivity index (χ4n) is 4.60. The van der Waals surface area contributed by atoms with Gasteiger partial charge in [0.15, 0.2) is 0 Å².